The van der Waals surface area contributed by atoms with Gasteiger partial charge in [-0.25, -0.2) is 4.98 Å². The normalized spacial score (nSPS) is 19.6. The van der Waals surface area contributed by atoms with Crippen molar-refractivity contribution in [3.8, 4) is 0 Å². The molecule has 1 aromatic rings. The monoisotopic (exact) mass is 221 g/mol. The predicted octanol–water partition coefficient (Wildman–Crippen LogP) is 0.573. The van der Waals surface area contributed by atoms with E-state index in [0.717, 1.165) is 19.4 Å². The molecule has 0 spiro atoms. The molecule has 1 fully saturated rings. The first-order valence-corrected chi connectivity index (χ1v) is 5.37. The van der Waals surface area contributed by atoms with Gasteiger partial charge in [0.15, 0.2) is 5.69 Å². The predicted molar refractivity (Wildman–Crippen MR) is 60.0 cm³/mol. The number of anilines is 1. The zero-order valence-electron chi connectivity index (χ0n) is 8.98. The molecular formula is C11H15N3O2. The summed E-state index contributed by atoms with van der Waals surface area (Å²) in [5.74, 6) is -0.242. The van der Waals surface area contributed by atoms with Crippen LogP contribution in [0.5, 0.6) is 0 Å². The molecule has 1 amide bonds. The third kappa shape index (κ3) is 2.49. The standard InChI is InChI=1S/C11H15N3O2/c12-9-4-1-5-13-10(9)11(15)14-7-8-3-2-6-16-8/h1,4-5,8H,2-3,6-7,12H2,(H,14,15). The van der Waals surface area contributed by atoms with Crippen molar-refractivity contribution in [2.75, 3.05) is 18.9 Å². The molecule has 5 nitrogen and oxygen atoms in total. The maximum atomic E-state index is 11.7. The Kier molecular flexibility index (Phi) is 3.36. The number of carbonyl (C=O) groups excluding carboxylic acids is 1. The number of nitrogens with one attached hydrogen (secondary N) is 1. The molecule has 1 aromatic heterocycles. The van der Waals surface area contributed by atoms with Gasteiger partial charge in [0.1, 0.15) is 0 Å². The molecule has 1 saturated heterocycles. The molecule has 86 valence electrons. The molecule has 16 heavy (non-hydrogen) atoms. The van der Waals surface area contributed by atoms with Crippen LogP contribution in [0.1, 0.15) is 23.3 Å². The highest BCUT2D eigenvalue weighted by atomic mass is 16.5. The van der Waals surface area contributed by atoms with Gasteiger partial charge in [0.05, 0.1) is 11.8 Å². The minimum Gasteiger partial charge on any atom is -0.397 e. The van der Waals surface area contributed by atoms with E-state index in [1.165, 1.54) is 0 Å². The fraction of sp³-hybridized carbons (Fsp3) is 0.455. The largest absolute Gasteiger partial charge is 0.397 e. The molecule has 0 radical (unpaired) electrons. The van der Waals surface area contributed by atoms with E-state index in [4.69, 9.17) is 10.5 Å². The highest BCUT2D eigenvalue weighted by Crippen LogP contribution is 2.11. The molecular weight excluding hydrogens is 206 g/mol. The summed E-state index contributed by atoms with van der Waals surface area (Å²) in [4.78, 5) is 15.7. The number of ether oxygens (including phenoxy) is 1. The van der Waals surface area contributed by atoms with Crippen LogP contribution < -0.4 is 11.1 Å². The second-order valence-electron chi connectivity index (χ2n) is 3.79. The maximum absolute atomic E-state index is 11.7. The van der Waals surface area contributed by atoms with Gasteiger partial charge in [-0.05, 0) is 25.0 Å². The van der Waals surface area contributed by atoms with Crippen LogP contribution in [0.15, 0.2) is 18.3 Å². The first-order valence-electron chi connectivity index (χ1n) is 5.37. The number of hydrogen-bond acceptors (Lipinski definition) is 4. The first-order chi connectivity index (χ1) is 7.77. The first kappa shape index (κ1) is 10.9. The topological polar surface area (TPSA) is 77.2 Å². The number of nitrogens with zero attached hydrogens (tertiary/aromatic N) is 1. The van der Waals surface area contributed by atoms with Crippen LogP contribution in [0.3, 0.4) is 0 Å². The molecule has 0 bridgehead atoms. The van der Waals surface area contributed by atoms with Crippen molar-refractivity contribution in [1.29, 1.82) is 0 Å². The lowest BCUT2D eigenvalue weighted by molar-refractivity contribution is 0.0854. The molecule has 5 heteroatoms. The summed E-state index contributed by atoms with van der Waals surface area (Å²) in [7, 11) is 0. The van der Waals surface area contributed by atoms with Gasteiger partial charge in [0.25, 0.3) is 5.91 Å². The number of carbonyl (C=O) groups is 1. The Hall–Kier alpha value is -1.62. The molecule has 1 atom stereocenters. The van der Waals surface area contributed by atoms with E-state index in [9.17, 15) is 4.79 Å². The molecule has 1 aliphatic heterocycles. The van der Waals surface area contributed by atoms with Crippen molar-refractivity contribution < 1.29 is 9.53 Å². The Bertz CT molecular complexity index is 375. The minimum absolute atomic E-state index is 0.133. The molecule has 1 aliphatic rings. The fourth-order valence-electron chi connectivity index (χ4n) is 1.70. The van der Waals surface area contributed by atoms with Gasteiger partial charge in [0.2, 0.25) is 0 Å². The van der Waals surface area contributed by atoms with E-state index in [1.807, 2.05) is 0 Å². The SMILES string of the molecule is Nc1cccnc1C(=O)NCC1CCCO1. The molecule has 0 aliphatic carbocycles. The lowest BCUT2D eigenvalue weighted by atomic mass is 10.2. The number of aromatic nitrogens is 1. The van der Waals surface area contributed by atoms with Crippen LogP contribution in [0, 0.1) is 0 Å². The fourth-order valence-corrected chi connectivity index (χ4v) is 1.70. The average Bonchev–Trinajstić information content (AvgIpc) is 2.79. The summed E-state index contributed by atoms with van der Waals surface area (Å²) in [6, 6.07) is 3.36. The summed E-state index contributed by atoms with van der Waals surface area (Å²) < 4.78 is 5.40. The third-order valence-corrected chi connectivity index (χ3v) is 2.57. The van der Waals surface area contributed by atoms with Gasteiger partial charge < -0.3 is 15.8 Å². The van der Waals surface area contributed by atoms with Crippen molar-refractivity contribution in [2.45, 2.75) is 18.9 Å². The van der Waals surface area contributed by atoms with Gasteiger partial charge in [0, 0.05) is 19.3 Å². The van der Waals surface area contributed by atoms with E-state index in [1.54, 1.807) is 18.3 Å². The van der Waals surface area contributed by atoms with Gasteiger partial charge in [-0.15, -0.1) is 0 Å². The van der Waals surface area contributed by atoms with Crippen molar-refractivity contribution >= 4 is 11.6 Å². The van der Waals surface area contributed by atoms with E-state index in [-0.39, 0.29) is 17.7 Å². The Balaban J connectivity index is 1.90. The molecule has 0 saturated carbocycles. The molecule has 2 heterocycles. The third-order valence-electron chi connectivity index (χ3n) is 2.57. The number of nitrogen functional groups attached to an aromatic ring is 1. The van der Waals surface area contributed by atoms with Crippen LogP contribution in [0.2, 0.25) is 0 Å². The summed E-state index contributed by atoms with van der Waals surface area (Å²) >= 11 is 0. The molecule has 0 aromatic carbocycles. The maximum Gasteiger partial charge on any atom is 0.272 e. The van der Waals surface area contributed by atoms with E-state index < -0.39 is 0 Å². The highest BCUT2D eigenvalue weighted by Gasteiger charge is 2.17. The second kappa shape index (κ2) is 4.94. The summed E-state index contributed by atoms with van der Waals surface area (Å²) in [5.41, 5.74) is 6.32. The smallest absolute Gasteiger partial charge is 0.272 e. The van der Waals surface area contributed by atoms with Crippen molar-refractivity contribution in [3.63, 3.8) is 0 Å². The number of amides is 1. The average molecular weight is 221 g/mol. The number of pyridine rings is 1. The molecule has 3 N–H and O–H groups in total. The van der Waals surface area contributed by atoms with E-state index >= 15 is 0 Å². The Morgan fingerprint density at radius 1 is 1.69 bits per heavy atom. The summed E-state index contributed by atoms with van der Waals surface area (Å²) in [6.45, 7) is 1.31. The quantitative estimate of drug-likeness (QED) is 0.782. The van der Waals surface area contributed by atoms with Gasteiger partial charge in [-0.2, -0.15) is 0 Å². The van der Waals surface area contributed by atoms with Gasteiger partial charge >= 0.3 is 0 Å². The van der Waals surface area contributed by atoms with Crippen molar-refractivity contribution in [2.24, 2.45) is 0 Å². The Morgan fingerprint density at radius 2 is 2.56 bits per heavy atom. The Morgan fingerprint density at radius 3 is 3.25 bits per heavy atom. The van der Waals surface area contributed by atoms with Crippen molar-refractivity contribution in [1.82, 2.24) is 10.3 Å². The lowest BCUT2D eigenvalue weighted by Crippen LogP contribution is -2.32. The van der Waals surface area contributed by atoms with Crippen LogP contribution in [-0.2, 0) is 4.74 Å². The van der Waals surface area contributed by atoms with Crippen molar-refractivity contribution in [3.05, 3.63) is 24.0 Å². The van der Waals surface area contributed by atoms with Crippen LogP contribution in [0.25, 0.3) is 0 Å². The van der Waals surface area contributed by atoms with Gasteiger partial charge in [-0.3, -0.25) is 4.79 Å². The molecule has 2 rings (SSSR count). The minimum atomic E-state index is -0.242. The summed E-state index contributed by atoms with van der Waals surface area (Å²) in [6.07, 6.45) is 3.75. The Labute approximate surface area is 94.0 Å². The molecule has 1 unspecified atom stereocenters. The van der Waals surface area contributed by atoms with Gasteiger partial charge in [-0.1, -0.05) is 0 Å². The zero-order chi connectivity index (χ0) is 11.4. The second-order valence-corrected chi connectivity index (χ2v) is 3.79. The summed E-state index contributed by atoms with van der Waals surface area (Å²) in [5, 5.41) is 2.78. The number of hydrogen-bond donors (Lipinski definition) is 2. The van der Waals surface area contributed by atoms with Crippen LogP contribution >= 0.6 is 0 Å². The lowest BCUT2D eigenvalue weighted by Gasteiger charge is -2.10. The van der Waals surface area contributed by atoms with Crippen LogP contribution in [-0.4, -0.2) is 30.1 Å². The van der Waals surface area contributed by atoms with E-state index in [0.29, 0.717) is 12.2 Å². The number of nitrogens with two attached hydrogens (primary N) is 1. The van der Waals surface area contributed by atoms with Crippen LogP contribution in [0.4, 0.5) is 5.69 Å². The zero-order valence-corrected chi connectivity index (χ0v) is 8.98. The van der Waals surface area contributed by atoms with E-state index in [2.05, 4.69) is 10.3 Å². The number of rotatable bonds is 3. The highest BCUT2D eigenvalue weighted by molar-refractivity contribution is 5.96.